The topological polar surface area (TPSA) is 80.4 Å². The van der Waals surface area contributed by atoms with E-state index in [1.54, 1.807) is 23.0 Å². The molecule has 3 heterocycles. The molecule has 3 rings (SSSR count). The minimum Gasteiger partial charge on any atom is -0.481 e. The van der Waals surface area contributed by atoms with E-state index in [1.165, 1.54) is 0 Å². The lowest BCUT2D eigenvalue weighted by molar-refractivity contribution is -0.136. The molecule has 0 aliphatic heterocycles. The maximum atomic E-state index is 10.8. The van der Waals surface area contributed by atoms with Gasteiger partial charge in [0.2, 0.25) is 0 Å². The van der Waals surface area contributed by atoms with Gasteiger partial charge in [-0.1, -0.05) is 0 Å². The van der Waals surface area contributed by atoms with Crippen molar-refractivity contribution in [1.82, 2.24) is 19.6 Å². The molecule has 20 heavy (non-hydrogen) atoms. The lowest BCUT2D eigenvalue weighted by Gasteiger charge is -2.01. The quantitative estimate of drug-likeness (QED) is 0.795. The second kappa shape index (κ2) is 5.01. The molecule has 0 saturated heterocycles. The van der Waals surface area contributed by atoms with Gasteiger partial charge in [0, 0.05) is 18.0 Å². The smallest absolute Gasteiger partial charge is 0.309 e. The number of carbonyl (C=O) groups is 1. The standard InChI is InChI=1S/C13H9BrN4O2/c14-13-10(7-12(19)20)16-11-2-1-9(17-18(11)13)8-3-5-15-6-4-8/h1-6H,7H2,(H,19,20). The average molecular weight is 333 g/mol. The number of rotatable bonds is 3. The number of imidazole rings is 1. The molecule has 0 spiro atoms. The number of halogens is 1. The Bertz CT molecular complexity index is 786. The molecule has 6 nitrogen and oxygen atoms in total. The normalized spacial score (nSPS) is 10.8. The van der Waals surface area contributed by atoms with Crippen LogP contribution in [0.15, 0.2) is 41.3 Å². The van der Waals surface area contributed by atoms with Gasteiger partial charge in [-0.25, -0.2) is 9.50 Å². The minimum absolute atomic E-state index is 0.144. The monoisotopic (exact) mass is 332 g/mol. The van der Waals surface area contributed by atoms with Crippen molar-refractivity contribution >= 4 is 27.5 Å². The van der Waals surface area contributed by atoms with Gasteiger partial charge in [0.25, 0.3) is 0 Å². The van der Waals surface area contributed by atoms with Crippen molar-refractivity contribution in [3.8, 4) is 11.3 Å². The van der Waals surface area contributed by atoms with Crippen molar-refractivity contribution < 1.29 is 9.90 Å². The number of hydrogen-bond acceptors (Lipinski definition) is 4. The average Bonchev–Trinajstić information content (AvgIpc) is 2.75. The molecule has 0 atom stereocenters. The fraction of sp³-hybridized carbons (Fsp3) is 0.0769. The van der Waals surface area contributed by atoms with Crippen LogP contribution in [0.3, 0.4) is 0 Å². The number of pyridine rings is 1. The van der Waals surface area contributed by atoms with E-state index in [9.17, 15) is 4.79 Å². The third kappa shape index (κ3) is 2.27. The van der Waals surface area contributed by atoms with E-state index < -0.39 is 5.97 Å². The van der Waals surface area contributed by atoms with Gasteiger partial charge in [0.15, 0.2) is 5.65 Å². The first kappa shape index (κ1) is 12.7. The van der Waals surface area contributed by atoms with E-state index in [4.69, 9.17) is 5.11 Å². The third-order valence-corrected chi connectivity index (χ3v) is 3.58. The van der Waals surface area contributed by atoms with Gasteiger partial charge in [0.05, 0.1) is 17.8 Å². The molecule has 100 valence electrons. The molecule has 3 aromatic heterocycles. The van der Waals surface area contributed by atoms with Crippen molar-refractivity contribution in [1.29, 1.82) is 0 Å². The highest BCUT2D eigenvalue weighted by Gasteiger charge is 2.14. The Morgan fingerprint density at radius 2 is 2.00 bits per heavy atom. The van der Waals surface area contributed by atoms with Crippen LogP contribution in [0.4, 0.5) is 0 Å². The van der Waals surface area contributed by atoms with Gasteiger partial charge in [-0.15, -0.1) is 0 Å². The fourth-order valence-electron chi connectivity index (χ4n) is 1.88. The Kier molecular flexibility index (Phi) is 3.19. The third-order valence-electron chi connectivity index (χ3n) is 2.78. The SMILES string of the molecule is O=C(O)Cc1nc2ccc(-c3ccncc3)nn2c1Br. The second-order valence-corrected chi connectivity index (χ2v) is 4.90. The first-order chi connectivity index (χ1) is 9.65. The number of aliphatic carboxylic acids is 1. The largest absolute Gasteiger partial charge is 0.481 e. The lowest BCUT2D eigenvalue weighted by atomic mass is 10.2. The summed E-state index contributed by atoms with van der Waals surface area (Å²) in [5, 5.41) is 13.3. The predicted octanol–water partition coefficient (Wildman–Crippen LogP) is 2.18. The molecule has 0 unspecified atom stereocenters. The van der Waals surface area contributed by atoms with Crippen LogP contribution in [0.2, 0.25) is 0 Å². The van der Waals surface area contributed by atoms with Gasteiger partial charge >= 0.3 is 5.97 Å². The summed E-state index contributed by atoms with van der Waals surface area (Å²) in [7, 11) is 0. The number of fused-ring (bicyclic) bond motifs is 1. The van der Waals surface area contributed by atoms with E-state index in [-0.39, 0.29) is 6.42 Å². The van der Waals surface area contributed by atoms with Gasteiger partial charge in [0.1, 0.15) is 4.60 Å². The number of nitrogens with zero attached hydrogens (tertiary/aromatic N) is 4. The highest BCUT2D eigenvalue weighted by molar-refractivity contribution is 9.10. The van der Waals surface area contributed by atoms with Crippen molar-refractivity contribution in [3.63, 3.8) is 0 Å². The Balaban J connectivity index is 2.11. The van der Waals surface area contributed by atoms with E-state index in [0.717, 1.165) is 11.3 Å². The highest BCUT2D eigenvalue weighted by Crippen LogP contribution is 2.22. The van der Waals surface area contributed by atoms with Gasteiger partial charge in [-0.2, -0.15) is 5.10 Å². The van der Waals surface area contributed by atoms with Crippen LogP contribution in [0.5, 0.6) is 0 Å². The van der Waals surface area contributed by atoms with Gasteiger partial charge < -0.3 is 5.11 Å². The maximum Gasteiger partial charge on any atom is 0.309 e. The van der Waals surface area contributed by atoms with Crippen molar-refractivity contribution in [2.24, 2.45) is 0 Å². The molecule has 0 aliphatic carbocycles. The molecule has 0 aromatic carbocycles. The molecule has 0 amide bonds. The molecule has 0 aliphatic rings. The first-order valence-corrected chi connectivity index (χ1v) is 6.61. The van der Waals surface area contributed by atoms with E-state index >= 15 is 0 Å². The summed E-state index contributed by atoms with van der Waals surface area (Å²) >= 11 is 3.35. The molecule has 0 fully saturated rings. The zero-order valence-electron chi connectivity index (χ0n) is 10.2. The van der Waals surface area contributed by atoms with Crippen molar-refractivity contribution in [2.75, 3.05) is 0 Å². The second-order valence-electron chi connectivity index (χ2n) is 4.14. The minimum atomic E-state index is -0.927. The Morgan fingerprint density at radius 1 is 1.25 bits per heavy atom. The van der Waals surface area contributed by atoms with Crippen molar-refractivity contribution in [3.05, 3.63) is 47.0 Å². The van der Waals surface area contributed by atoms with E-state index in [2.05, 4.69) is 31.0 Å². The van der Waals surface area contributed by atoms with Gasteiger partial charge in [-0.05, 0) is 40.2 Å². The number of aromatic nitrogens is 4. The zero-order chi connectivity index (χ0) is 14.1. The van der Waals surface area contributed by atoms with Crippen LogP contribution in [-0.2, 0) is 11.2 Å². The Labute approximate surface area is 122 Å². The molecule has 0 saturated carbocycles. The molecule has 1 N–H and O–H groups in total. The van der Waals surface area contributed by atoms with Crippen LogP contribution in [0, 0.1) is 0 Å². The number of carboxylic acid groups (broad SMARTS) is 1. The molecule has 3 aromatic rings. The Morgan fingerprint density at radius 3 is 2.70 bits per heavy atom. The summed E-state index contributed by atoms with van der Waals surface area (Å²) in [5.41, 5.74) is 2.75. The summed E-state index contributed by atoms with van der Waals surface area (Å²) < 4.78 is 2.15. The molecule has 0 bridgehead atoms. The molecule has 0 radical (unpaired) electrons. The molecular formula is C13H9BrN4O2. The van der Waals surface area contributed by atoms with Crippen LogP contribution in [-0.4, -0.2) is 30.7 Å². The summed E-state index contributed by atoms with van der Waals surface area (Å²) in [6.07, 6.45) is 3.24. The summed E-state index contributed by atoms with van der Waals surface area (Å²) in [6, 6.07) is 7.36. The highest BCUT2D eigenvalue weighted by atomic mass is 79.9. The summed E-state index contributed by atoms with van der Waals surface area (Å²) in [5.74, 6) is -0.927. The first-order valence-electron chi connectivity index (χ1n) is 5.81. The number of carboxylic acids is 1. The maximum absolute atomic E-state index is 10.8. The summed E-state index contributed by atoms with van der Waals surface area (Å²) in [6.45, 7) is 0. The van der Waals surface area contributed by atoms with Crippen LogP contribution in [0.1, 0.15) is 5.69 Å². The van der Waals surface area contributed by atoms with E-state index in [0.29, 0.717) is 15.9 Å². The molecule has 7 heteroatoms. The zero-order valence-corrected chi connectivity index (χ0v) is 11.8. The van der Waals surface area contributed by atoms with E-state index in [1.807, 2.05) is 18.2 Å². The summed E-state index contributed by atoms with van der Waals surface area (Å²) in [4.78, 5) is 19.0. The van der Waals surface area contributed by atoms with Crippen LogP contribution >= 0.6 is 15.9 Å². The molecular weight excluding hydrogens is 324 g/mol. The van der Waals surface area contributed by atoms with Crippen molar-refractivity contribution in [2.45, 2.75) is 6.42 Å². The predicted molar refractivity (Wildman–Crippen MR) is 75.3 cm³/mol. The fourth-order valence-corrected chi connectivity index (χ4v) is 2.37. The Hall–Kier alpha value is -2.28. The lowest BCUT2D eigenvalue weighted by Crippen LogP contribution is -2.01. The van der Waals surface area contributed by atoms with Crippen LogP contribution in [0.25, 0.3) is 16.9 Å². The van der Waals surface area contributed by atoms with Gasteiger partial charge in [-0.3, -0.25) is 9.78 Å². The van der Waals surface area contributed by atoms with Crippen LogP contribution < -0.4 is 0 Å². The number of hydrogen-bond donors (Lipinski definition) is 1.